The molecule has 1 aromatic carbocycles. The summed E-state index contributed by atoms with van der Waals surface area (Å²) in [6.45, 7) is 0.645. The van der Waals surface area contributed by atoms with E-state index in [0.29, 0.717) is 6.54 Å². The summed E-state index contributed by atoms with van der Waals surface area (Å²) in [6.07, 6.45) is 3.56. The van der Waals surface area contributed by atoms with Crippen LogP contribution in [0.5, 0.6) is 0 Å². The predicted molar refractivity (Wildman–Crippen MR) is 72.3 cm³/mol. The molecule has 0 unspecified atom stereocenters. The summed E-state index contributed by atoms with van der Waals surface area (Å²) >= 11 is 0. The SMILES string of the molecule is CNc1cncc(N(C)Cc2cccc(F)c2)c1. The van der Waals surface area contributed by atoms with E-state index >= 15 is 0 Å². The van der Waals surface area contributed by atoms with Gasteiger partial charge in [0.05, 0.1) is 23.8 Å². The van der Waals surface area contributed by atoms with Crippen molar-refractivity contribution in [2.75, 3.05) is 24.3 Å². The van der Waals surface area contributed by atoms with Gasteiger partial charge in [-0.15, -0.1) is 0 Å². The molecule has 4 heteroatoms. The average molecular weight is 245 g/mol. The van der Waals surface area contributed by atoms with Gasteiger partial charge in [0.2, 0.25) is 0 Å². The van der Waals surface area contributed by atoms with Crippen LogP contribution in [-0.2, 0) is 6.54 Å². The third-order valence-corrected chi connectivity index (χ3v) is 2.76. The molecule has 0 bridgehead atoms. The maximum Gasteiger partial charge on any atom is 0.123 e. The number of anilines is 2. The molecule has 0 spiro atoms. The van der Waals surface area contributed by atoms with Crippen molar-refractivity contribution in [3.63, 3.8) is 0 Å². The number of nitrogens with one attached hydrogen (secondary N) is 1. The fourth-order valence-corrected chi connectivity index (χ4v) is 1.77. The van der Waals surface area contributed by atoms with Crippen LogP contribution in [0.3, 0.4) is 0 Å². The fourth-order valence-electron chi connectivity index (χ4n) is 1.77. The molecule has 1 heterocycles. The van der Waals surface area contributed by atoms with Gasteiger partial charge in [-0.2, -0.15) is 0 Å². The number of nitrogens with zero attached hydrogens (tertiary/aromatic N) is 2. The minimum atomic E-state index is -0.206. The van der Waals surface area contributed by atoms with E-state index in [1.807, 2.05) is 31.1 Å². The molecule has 0 saturated carbocycles. The first-order valence-corrected chi connectivity index (χ1v) is 5.77. The zero-order valence-corrected chi connectivity index (χ0v) is 10.5. The Hall–Kier alpha value is -2.10. The molecule has 0 atom stereocenters. The van der Waals surface area contributed by atoms with E-state index in [0.717, 1.165) is 16.9 Å². The van der Waals surface area contributed by atoms with Crippen molar-refractivity contribution in [1.82, 2.24) is 4.98 Å². The van der Waals surface area contributed by atoms with E-state index in [2.05, 4.69) is 10.3 Å². The molecule has 2 aromatic rings. The van der Waals surface area contributed by atoms with Crippen molar-refractivity contribution >= 4 is 11.4 Å². The Balaban J connectivity index is 2.13. The molecule has 94 valence electrons. The molecule has 2 rings (SSSR count). The van der Waals surface area contributed by atoms with Gasteiger partial charge in [-0.05, 0) is 23.8 Å². The highest BCUT2D eigenvalue weighted by Gasteiger charge is 2.04. The van der Waals surface area contributed by atoms with Crippen LogP contribution >= 0.6 is 0 Å². The number of benzene rings is 1. The zero-order chi connectivity index (χ0) is 13.0. The van der Waals surface area contributed by atoms with Gasteiger partial charge in [-0.3, -0.25) is 4.98 Å². The van der Waals surface area contributed by atoms with Crippen molar-refractivity contribution in [3.8, 4) is 0 Å². The van der Waals surface area contributed by atoms with Crippen LogP contribution in [0, 0.1) is 5.82 Å². The van der Waals surface area contributed by atoms with E-state index in [9.17, 15) is 4.39 Å². The number of hydrogen-bond acceptors (Lipinski definition) is 3. The Morgan fingerprint density at radius 1 is 1.28 bits per heavy atom. The van der Waals surface area contributed by atoms with Gasteiger partial charge < -0.3 is 10.2 Å². The molecular formula is C14H16FN3. The van der Waals surface area contributed by atoms with Gasteiger partial charge in [0, 0.05) is 20.6 Å². The molecule has 0 aliphatic heterocycles. The van der Waals surface area contributed by atoms with Gasteiger partial charge in [0.25, 0.3) is 0 Å². The fraction of sp³-hybridized carbons (Fsp3) is 0.214. The smallest absolute Gasteiger partial charge is 0.123 e. The van der Waals surface area contributed by atoms with Crippen molar-refractivity contribution in [2.45, 2.75) is 6.54 Å². The van der Waals surface area contributed by atoms with Gasteiger partial charge in [0.15, 0.2) is 0 Å². The van der Waals surface area contributed by atoms with Crippen molar-refractivity contribution in [2.24, 2.45) is 0 Å². The van der Waals surface area contributed by atoms with Crippen LogP contribution < -0.4 is 10.2 Å². The molecule has 1 aromatic heterocycles. The molecule has 1 N–H and O–H groups in total. The molecule has 0 aliphatic rings. The third kappa shape index (κ3) is 2.97. The highest BCUT2D eigenvalue weighted by atomic mass is 19.1. The van der Waals surface area contributed by atoms with Crippen molar-refractivity contribution in [1.29, 1.82) is 0 Å². The Morgan fingerprint density at radius 2 is 2.11 bits per heavy atom. The van der Waals surface area contributed by atoms with Gasteiger partial charge in [0.1, 0.15) is 5.82 Å². The molecular weight excluding hydrogens is 229 g/mol. The first kappa shape index (κ1) is 12.4. The van der Waals surface area contributed by atoms with E-state index in [1.54, 1.807) is 24.5 Å². The number of rotatable bonds is 4. The minimum Gasteiger partial charge on any atom is -0.387 e. The van der Waals surface area contributed by atoms with Crippen LogP contribution in [0.1, 0.15) is 5.56 Å². The van der Waals surface area contributed by atoms with Crippen LogP contribution in [0.25, 0.3) is 0 Å². The first-order valence-electron chi connectivity index (χ1n) is 5.77. The summed E-state index contributed by atoms with van der Waals surface area (Å²) in [4.78, 5) is 6.19. The predicted octanol–water partition coefficient (Wildman–Crippen LogP) is 2.90. The van der Waals surface area contributed by atoms with Crippen LogP contribution in [0.15, 0.2) is 42.7 Å². The number of pyridine rings is 1. The Bertz CT molecular complexity index is 528. The van der Waals surface area contributed by atoms with Gasteiger partial charge in [-0.1, -0.05) is 12.1 Å². The monoisotopic (exact) mass is 245 g/mol. The van der Waals surface area contributed by atoms with E-state index in [1.165, 1.54) is 6.07 Å². The normalized spacial score (nSPS) is 10.2. The lowest BCUT2D eigenvalue weighted by Crippen LogP contribution is -2.16. The van der Waals surface area contributed by atoms with E-state index in [4.69, 9.17) is 0 Å². The molecule has 3 nitrogen and oxygen atoms in total. The standard InChI is InChI=1S/C14H16FN3/c1-16-13-7-14(9-17-8-13)18(2)10-11-4-3-5-12(15)6-11/h3-9,16H,10H2,1-2H3. The number of hydrogen-bond donors (Lipinski definition) is 1. The Labute approximate surface area is 106 Å². The summed E-state index contributed by atoms with van der Waals surface area (Å²) in [5.41, 5.74) is 2.89. The molecule has 0 radical (unpaired) electrons. The number of aromatic nitrogens is 1. The second kappa shape index (κ2) is 5.49. The van der Waals surface area contributed by atoms with Crippen molar-refractivity contribution < 1.29 is 4.39 Å². The van der Waals surface area contributed by atoms with Gasteiger partial charge in [-0.25, -0.2) is 4.39 Å². The topological polar surface area (TPSA) is 28.2 Å². The molecule has 18 heavy (non-hydrogen) atoms. The molecule has 0 amide bonds. The zero-order valence-electron chi connectivity index (χ0n) is 10.5. The summed E-state index contributed by atoms with van der Waals surface area (Å²) in [5.74, 6) is -0.206. The summed E-state index contributed by atoms with van der Waals surface area (Å²) < 4.78 is 13.1. The Kier molecular flexibility index (Phi) is 3.77. The highest BCUT2D eigenvalue weighted by molar-refractivity contribution is 5.55. The average Bonchev–Trinajstić information content (AvgIpc) is 2.39. The van der Waals surface area contributed by atoms with E-state index in [-0.39, 0.29) is 5.82 Å². The quantitative estimate of drug-likeness (QED) is 0.897. The van der Waals surface area contributed by atoms with Gasteiger partial charge >= 0.3 is 0 Å². The summed E-state index contributed by atoms with van der Waals surface area (Å²) in [6, 6.07) is 8.64. The van der Waals surface area contributed by atoms with Crippen LogP contribution in [0.4, 0.5) is 15.8 Å². The second-order valence-corrected chi connectivity index (χ2v) is 4.17. The Morgan fingerprint density at radius 3 is 2.83 bits per heavy atom. The molecule has 0 aliphatic carbocycles. The second-order valence-electron chi connectivity index (χ2n) is 4.17. The van der Waals surface area contributed by atoms with Crippen LogP contribution in [-0.4, -0.2) is 19.1 Å². The maximum atomic E-state index is 13.1. The summed E-state index contributed by atoms with van der Waals surface area (Å²) in [5, 5.41) is 3.05. The lowest BCUT2D eigenvalue weighted by atomic mass is 10.2. The van der Waals surface area contributed by atoms with Crippen molar-refractivity contribution in [3.05, 3.63) is 54.1 Å². The first-order chi connectivity index (χ1) is 8.69. The van der Waals surface area contributed by atoms with E-state index < -0.39 is 0 Å². The summed E-state index contributed by atoms with van der Waals surface area (Å²) in [7, 11) is 3.81. The minimum absolute atomic E-state index is 0.206. The molecule has 0 saturated heterocycles. The molecule has 0 fully saturated rings. The highest BCUT2D eigenvalue weighted by Crippen LogP contribution is 2.18. The lowest BCUT2D eigenvalue weighted by molar-refractivity contribution is 0.625. The van der Waals surface area contributed by atoms with Crippen LogP contribution in [0.2, 0.25) is 0 Å². The third-order valence-electron chi connectivity index (χ3n) is 2.76. The maximum absolute atomic E-state index is 13.1. The largest absolute Gasteiger partial charge is 0.387 e. The number of halogens is 1. The lowest BCUT2D eigenvalue weighted by Gasteiger charge is -2.19.